The molecule has 6 nitrogen and oxygen atoms in total. The van der Waals surface area contributed by atoms with Crippen LogP contribution in [0.3, 0.4) is 0 Å². The first-order valence-electron chi connectivity index (χ1n) is 5.55. The number of fused-ring (bicyclic) bond motifs is 1. The van der Waals surface area contributed by atoms with Gasteiger partial charge in [0.15, 0.2) is 11.5 Å². The van der Waals surface area contributed by atoms with Gasteiger partial charge in [0.1, 0.15) is 11.6 Å². The number of aromatic nitrogens is 1. The predicted molar refractivity (Wildman–Crippen MR) is 66.2 cm³/mol. The smallest absolute Gasteiger partial charge is 0.322 e. The second-order valence-electron chi connectivity index (χ2n) is 4.09. The molecule has 6 heteroatoms. The van der Waals surface area contributed by atoms with Crippen molar-refractivity contribution in [3.63, 3.8) is 0 Å². The van der Waals surface area contributed by atoms with E-state index in [2.05, 4.69) is 10.3 Å². The van der Waals surface area contributed by atoms with Crippen LogP contribution in [0.1, 0.15) is 17.5 Å². The summed E-state index contributed by atoms with van der Waals surface area (Å²) in [5.74, 6) is -0.419. The molecule has 18 heavy (non-hydrogen) atoms. The van der Waals surface area contributed by atoms with Crippen molar-refractivity contribution in [3.8, 4) is 0 Å². The fraction of sp³-hybridized carbons (Fsp3) is 0.333. The minimum absolute atomic E-state index is 0.569. The van der Waals surface area contributed by atoms with Gasteiger partial charge in [-0.05, 0) is 24.7 Å². The molecule has 2 atom stereocenters. The Morgan fingerprint density at radius 2 is 2.28 bits per heavy atom. The number of hydrogen-bond donors (Lipinski definition) is 3. The molecule has 0 spiro atoms. The third kappa shape index (κ3) is 2.20. The standard InChI is InChI=1S/C12H15N3O3/c1-6-15-8-4-3-7(5-9(8)18-6)10(13)11(14-2)12(16)17/h3-5,10-11,14H,13H2,1-2H3,(H,16,17). The Morgan fingerprint density at radius 1 is 1.56 bits per heavy atom. The summed E-state index contributed by atoms with van der Waals surface area (Å²) in [5.41, 5.74) is 7.99. The number of benzene rings is 1. The van der Waals surface area contributed by atoms with Crippen molar-refractivity contribution >= 4 is 17.1 Å². The maximum Gasteiger partial charge on any atom is 0.322 e. The Labute approximate surface area is 104 Å². The number of nitrogens with zero attached hydrogens (tertiary/aromatic N) is 1. The zero-order valence-electron chi connectivity index (χ0n) is 10.2. The molecule has 1 heterocycles. The average molecular weight is 249 g/mol. The van der Waals surface area contributed by atoms with Gasteiger partial charge in [-0.2, -0.15) is 0 Å². The largest absolute Gasteiger partial charge is 0.480 e. The highest BCUT2D eigenvalue weighted by Crippen LogP contribution is 2.21. The van der Waals surface area contributed by atoms with E-state index in [0.29, 0.717) is 17.0 Å². The van der Waals surface area contributed by atoms with Gasteiger partial charge in [0.05, 0.1) is 6.04 Å². The van der Waals surface area contributed by atoms with Crippen molar-refractivity contribution in [2.45, 2.75) is 19.0 Å². The maximum atomic E-state index is 11.0. The van der Waals surface area contributed by atoms with Gasteiger partial charge in [0.25, 0.3) is 0 Å². The number of nitrogens with two attached hydrogens (primary N) is 1. The average Bonchev–Trinajstić information content (AvgIpc) is 2.68. The van der Waals surface area contributed by atoms with Gasteiger partial charge in [-0.15, -0.1) is 0 Å². The Bertz CT molecular complexity index is 579. The normalized spacial score (nSPS) is 14.6. The number of likely N-dealkylation sites (N-methyl/N-ethyl adjacent to an activating group) is 1. The molecule has 1 aromatic heterocycles. The molecular formula is C12H15N3O3. The zero-order chi connectivity index (χ0) is 13.3. The lowest BCUT2D eigenvalue weighted by Gasteiger charge is -2.19. The molecule has 0 aliphatic rings. The lowest BCUT2D eigenvalue weighted by Crippen LogP contribution is -2.43. The van der Waals surface area contributed by atoms with Gasteiger partial charge >= 0.3 is 5.97 Å². The number of carbonyl (C=O) groups is 1. The van der Waals surface area contributed by atoms with Crippen molar-refractivity contribution < 1.29 is 14.3 Å². The molecular weight excluding hydrogens is 234 g/mol. The first-order chi connectivity index (χ1) is 8.52. The van der Waals surface area contributed by atoms with E-state index in [4.69, 9.17) is 15.3 Å². The fourth-order valence-corrected chi connectivity index (χ4v) is 1.91. The zero-order valence-corrected chi connectivity index (χ0v) is 10.2. The van der Waals surface area contributed by atoms with Crippen LogP contribution >= 0.6 is 0 Å². The second-order valence-corrected chi connectivity index (χ2v) is 4.09. The highest BCUT2D eigenvalue weighted by atomic mass is 16.4. The van der Waals surface area contributed by atoms with Crippen LogP contribution in [-0.2, 0) is 4.79 Å². The third-order valence-electron chi connectivity index (χ3n) is 2.84. The van der Waals surface area contributed by atoms with Crippen LogP contribution in [0.2, 0.25) is 0 Å². The van der Waals surface area contributed by atoms with Crippen molar-refractivity contribution in [1.82, 2.24) is 10.3 Å². The van der Waals surface area contributed by atoms with E-state index in [1.165, 1.54) is 0 Å². The molecule has 96 valence electrons. The molecule has 2 aromatic rings. The number of oxazole rings is 1. The highest BCUT2D eigenvalue weighted by molar-refractivity contribution is 5.76. The molecule has 2 unspecified atom stereocenters. The quantitative estimate of drug-likeness (QED) is 0.741. The molecule has 0 bridgehead atoms. The van der Waals surface area contributed by atoms with Crippen LogP contribution in [0, 0.1) is 6.92 Å². The number of carboxylic acid groups (broad SMARTS) is 1. The van der Waals surface area contributed by atoms with Crippen molar-refractivity contribution in [2.75, 3.05) is 7.05 Å². The predicted octanol–water partition coefficient (Wildman–Crippen LogP) is 0.809. The molecule has 4 N–H and O–H groups in total. The number of aryl methyl sites for hydroxylation is 1. The highest BCUT2D eigenvalue weighted by Gasteiger charge is 2.25. The second kappa shape index (κ2) is 4.75. The van der Waals surface area contributed by atoms with Gasteiger partial charge in [-0.25, -0.2) is 4.98 Å². The van der Waals surface area contributed by atoms with Crippen LogP contribution in [0.25, 0.3) is 11.1 Å². The molecule has 0 fully saturated rings. The number of rotatable bonds is 4. The van der Waals surface area contributed by atoms with Gasteiger partial charge < -0.3 is 20.6 Å². The molecule has 0 aliphatic heterocycles. The Balaban J connectivity index is 2.37. The summed E-state index contributed by atoms with van der Waals surface area (Å²) in [5, 5.41) is 11.7. The number of nitrogens with one attached hydrogen (secondary N) is 1. The summed E-state index contributed by atoms with van der Waals surface area (Å²) in [6.45, 7) is 1.76. The summed E-state index contributed by atoms with van der Waals surface area (Å²) in [6.07, 6.45) is 0. The van der Waals surface area contributed by atoms with Gasteiger partial charge in [-0.3, -0.25) is 4.79 Å². The van der Waals surface area contributed by atoms with E-state index in [1.54, 1.807) is 32.2 Å². The number of aliphatic carboxylic acids is 1. The first-order valence-corrected chi connectivity index (χ1v) is 5.55. The molecule has 0 radical (unpaired) electrons. The third-order valence-corrected chi connectivity index (χ3v) is 2.84. The molecule has 1 aromatic carbocycles. The maximum absolute atomic E-state index is 11.0. The van der Waals surface area contributed by atoms with Crippen LogP contribution in [-0.4, -0.2) is 29.1 Å². The van der Waals surface area contributed by atoms with E-state index in [0.717, 1.165) is 5.52 Å². The molecule has 0 amide bonds. The van der Waals surface area contributed by atoms with Crippen LogP contribution in [0.4, 0.5) is 0 Å². The fourth-order valence-electron chi connectivity index (χ4n) is 1.91. The number of carboxylic acids is 1. The van der Waals surface area contributed by atoms with E-state index < -0.39 is 18.1 Å². The van der Waals surface area contributed by atoms with Crippen molar-refractivity contribution in [1.29, 1.82) is 0 Å². The van der Waals surface area contributed by atoms with Gasteiger partial charge in [0, 0.05) is 6.92 Å². The van der Waals surface area contributed by atoms with Crippen molar-refractivity contribution in [2.24, 2.45) is 5.73 Å². The topological polar surface area (TPSA) is 101 Å². The summed E-state index contributed by atoms with van der Waals surface area (Å²) < 4.78 is 5.40. The SMILES string of the molecule is CNC(C(=O)O)C(N)c1ccc2nc(C)oc2c1. The lowest BCUT2D eigenvalue weighted by molar-refractivity contribution is -0.139. The minimum Gasteiger partial charge on any atom is -0.480 e. The summed E-state index contributed by atoms with van der Waals surface area (Å²) >= 11 is 0. The monoisotopic (exact) mass is 249 g/mol. The molecule has 2 rings (SSSR count). The Hall–Kier alpha value is -1.92. The minimum atomic E-state index is -0.987. The number of hydrogen-bond acceptors (Lipinski definition) is 5. The lowest BCUT2D eigenvalue weighted by atomic mass is 10.00. The molecule has 0 aliphatic carbocycles. The van der Waals surface area contributed by atoms with Crippen molar-refractivity contribution in [3.05, 3.63) is 29.7 Å². The summed E-state index contributed by atoms with van der Waals surface area (Å²) in [7, 11) is 1.57. The van der Waals surface area contributed by atoms with Crippen LogP contribution in [0.5, 0.6) is 0 Å². The summed E-state index contributed by atoms with van der Waals surface area (Å²) in [6, 6.07) is 3.78. The van der Waals surface area contributed by atoms with Gasteiger partial charge in [0.2, 0.25) is 0 Å². The molecule has 0 saturated heterocycles. The van der Waals surface area contributed by atoms with E-state index in [1.807, 2.05) is 0 Å². The van der Waals surface area contributed by atoms with E-state index in [9.17, 15) is 4.79 Å². The first kappa shape index (κ1) is 12.5. The Kier molecular flexibility index (Phi) is 3.31. The molecule has 0 saturated carbocycles. The summed E-state index contributed by atoms with van der Waals surface area (Å²) in [4.78, 5) is 15.2. The van der Waals surface area contributed by atoms with Crippen LogP contribution < -0.4 is 11.1 Å². The van der Waals surface area contributed by atoms with Gasteiger partial charge in [-0.1, -0.05) is 6.07 Å². The van der Waals surface area contributed by atoms with E-state index in [-0.39, 0.29) is 0 Å². The van der Waals surface area contributed by atoms with E-state index >= 15 is 0 Å². The van der Waals surface area contributed by atoms with Crippen LogP contribution in [0.15, 0.2) is 22.6 Å². The Morgan fingerprint density at radius 3 is 2.89 bits per heavy atom.